The number of rotatable bonds is 15. The highest BCUT2D eigenvalue weighted by atomic mass is 16.5. The maximum Gasteiger partial charge on any atom is 0.328 e. The molecule has 41 heavy (non-hydrogen) atoms. The Morgan fingerprint density at radius 2 is 1.54 bits per heavy atom. The van der Waals surface area contributed by atoms with Gasteiger partial charge in [-0.3, -0.25) is 14.4 Å². The molecule has 10 heteroatoms. The van der Waals surface area contributed by atoms with Gasteiger partial charge in [0.1, 0.15) is 18.1 Å². The molecule has 0 saturated heterocycles. The van der Waals surface area contributed by atoms with Crippen LogP contribution in [-0.2, 0) is 43.2 Å². The van der Waals surface area contributed by atoms with E-state index in [9.17, 15) is 19.2 Å². The van der Waals surface area contributed by atoms with Crippen LogP contribution in [0.3, 0.4) is 0 Å². The summed E-state index contributed by atoms with van der Waals surface area (Å²) in [7, 11) is 2.80. The molecule has 218 valence electrons. The van der Waals surface area contributed by atoms with Gasteiger partial charge in [0.15, 0.2) is 0 Å². The zero-order valence-electron chi connectivity index (χ0n) is 23.8. The molecule has 0 unspecified atom stereocenters. The van der Waals surface area contributed by atoms with E-state index in [1.807, 2.05) is 67.6 Å². The number of ether oxygens (including phenoxy) is 1. The van der Waals surface area contributed by atoms with Gasteiger partial charge in [0, 0.05) is 44.6 Å². The van der Waals surface area contributed by atoms with E-state index in [0.717, 1.165) is 17.5 Å². The predicted octanol–water partition coefficient (Wildman–Crippen LogP) is 2.60. The van der Waals surface area contributed by atoms with Crippen LogP contribution < -0.4 is 10.6 Å². The van der Waals surface area contributed by atoms with Crippen LogP contribution in [0.4, 0.5) is 0 Å². The van der Waals surface area contributed by atoms with Gasteiger partial charge in [-0.1, -0.05) is 74.0 Å². The maximum atomic E-state index is 14.0. The summed E-state index contributed by atoms with van der Waals surface area (Å²) < 4.78 is 4.93. The molecule has 3 amide bonds. The first-order valence-electron chi connectivity index (χ1n) is 13.8. The molecule has 3 rings (SSSR count). The third-order valence-electron chi connectivity index (χ3n) is 6.84. The molecule has 2 aromatic carbocycles. The second-order valence-electron chi connectivity index (χ2n) is 9.93. The monoisotopic (exact) mass is 561 g/mol. The molecule has 0 saturated carbocycles. The number of carbonyl (C=O) groups is 4. The van der Waals surface area contributed by atoms with E-state index < -0.39 is 35.9 Å². The van der Waals surface area contributed by atoms with E-state index in [0.29, 0.717) is 18.5 Å². The highest BCUT2D eigenvalue weighted by Crippen LogP contribution is 2.14. The third-order valence-corrected chi connectivity index (χ3v) is 6.84. The number of H-pyrrole nitrogens is 1. The summed E-state index contributed by atoms with van der Waals surface area (Å²) in [5, 5.41) is 5.67. The van der Waals surface area contributed by atoms with Gasteiger partial charge in [0.05, 0.1) is 13.4 Å². The fraction of sp³-hybridized carbons (Fsp3) is 0.387. The standard InChI is InChI=1S/C31H39N5O5/c1-4-5-16-28(37)34-25(17-22-12-8-6-9-13-22)30(39)36(2)27(18-23-14-10-7-11-15-23)29(38)35-26(31(40)41-3)19-24-20-32-21-33-24/h6-15,20-21,25-27H,4-5,16-19H2,1-3H3,(H,32,33)(H,34,37)(H,35,38)/t25-,26-,27-/m0/s1. The van der Waals surface area contributed by atoms with E-state index in [-0.39, 0.29) is 25.2 Å². The van der Waals surface area contributed by atoms with Crippen molar-refractivity contribution in [3.63, 3.8) is 0 Å². The van der Waals surface area contributed by atoms with Crippen LogP contribution in [0.1, 0.15) is 43.0 Å². The number of esters is 1. The zero-order valence-corrected chi connectivity index (χ0v) is 23.8. The molecule has 10 nitrogen and oxygen atoms in total. The van der Waals surface area contributed by atoms with Gasteiger partial charge in [0.25, 0.3) is 0 Å². The van der Waals surface area contributed by atoms with Gasteiger partial charge in [-0.05, 0) is 17.5 Å². The number of hydrogen-bond donors (Lipinski definition) is 3. The molecule has 1 aromatic heterocycles. The minimum absolute atomic E-state index is 0.137. The van der Waals surface area contributed by atoms with E-state index in [2.05, 4.69) is 20.6 Å². The number of likely N-dealkylation sites (N-methyl/N-ethyl adjacent to an activating group) is 1. The lowest BCUT2D eigenvalue weighted by Crippen LogP contribution is -2.57. The van der Waals surface area contributed by atoms with E-state index >= 15 is 0 Å². The summed E-state index contributed by atoms with van der Waals surface area (Å²) >= 11 is 0. The number of nitrogens with zero attached hydrogens (tertiary/aromatic N) is 2. The van der Waals surface area contributed by atoms with E-state index in [1.165, 1.54) is 18.3 Å². The Morgan fingerprint density at radius 3 is 2.10 bits per heavy atom. The molecule has 0 aliphatic heterocycles. The van der Waals surface area contributed by atoms with Crippen molar-refractivity contribution >= 4 is 23.7 Å². The van der Waals surface area contributed by atoms with Crippen LogP contribution in [0.5, 0.6) is 0 Å². The molecule has 0 fully saturated rings. The molecular formula is C31H39N5O5. The first-order valence-corrected chi connectivity index (χ1v) is 13.8. The second-order valence-corrected chi connectivity index (χ2v) is 9.93. The van der Waals surface area contributed by atoms with Gasteiger partial charge in [-0.2, -0.15) is 0 Å². The second kappa shape index (κ2) is 16.0. The van der Waals surface area contributed by atoms with Crippen LogP contribution in [-0.4, -0.2) is 70.8 Å². The number of carbonyl (C=O) groups excluding carboxylic acids is 4. The minimum Gasteiger partial charge on any atom is -0.467 e. The quantitative estimate of drug-likeness (QED) is 0.244. The van der Waals surface area contributed by atoms with Gasteiger partial charge in [0.2, 0.25) is 17.7 Å². The Labute approximate surface area is 240 Å². The average molecular weight is 562 g/mol. The van der Waals surface area contributed by atoms with Gasteiger partial charge < -0.3 is 25.3 Å². The van der Waals surface area contributed by atoms with Crippen molar-refractivity contribution in [3.8, 4) is 0 Å². The lowest BCUT2D eigenvalue weighted by atomic mass is 10.00. The number of aromatic amines is 1. The number of methoxy groups -OCH3 is 1. The smallest absolute Gasteiger partial charge is 0.328 e. The van der Waals surface area contributed by atoms with Crippen LogP contribution >= 0.6 is 0 Å². The molecule has 3 atom stereocenters. The molecule has 1 heterocycles. The molecule has 0 aliphatic carbocycles. The molecule has 0 radical (unpaired) electrons. The van der Waals surface area contributed by atoms with Crippen LogP contribution in [0, 0.1) is 0 Å². The first-order chi connectivity index (χ1) is 19.8. The summed E-state index contributed by atoms with van der Waals surface area (Å²) in [6.07, 6.45) is 5.52. The molecule has 3 N–H and O–H groups in total. The lowest BCUT2D eigenvalue weighted by Gasteiger charge is -2.32. The lowest BCUT2D eigenvalue weighted by molar-refractivity contribution is -0.147. The predicted molar refractivity (Wildman–Crippen MR) is 155 cm³/mol. The largest absolute Gasteiger partial charge is 0.467 e. The van der Waals surface area contributed by atoms with Crippen LogP contribution in [0.2, 0.25) is 0 Å². The summed E-state index contributed by atoms with van der Waals surface area (Å²) in [4.78, 5) is 61.3. The Kier molecular flexibility index (Phi) is 12.1. The number of benzene rings is 2. The fourth-order valence-electron chi connectivity index (χ4n) is 4.52. The highest BCUT2D eigenvalue weighted by molar-refractivity contribution is 5.93. The van der Waals surface area contributed by atoms with Crippen molar-refractivity contribution < 1.29 is 23.9 Å². The summed E-state index contributed by atoms with van der Waals surface area (Å²) in [5.41, 5.74) is 2.36. The third kappa shape index (κ3) is 9.59. The highest BCUT2D eigenvalue weighted by Gasteiger charge is 2.34. The van der Waals surface area contributed by atoms with Gasteiger partial charge >= 0.3 is 5.97 Å². The average Bonchev–Trinajstić information content (AvgIpc) is 3.51. The normalized spacial score (nSPS) is 13.0. The molecular weight excluding hydrogens is 522 g/mol. The van der Waals surface area contributed by atoms with Crippen molar-refractivity contribution in [3.05, 3.63) is 90.0 Å². The van der Waals surface area contributed by atoms with Gasteiger partial charge in [-0.15, -0.1) is 0 Å². The van der Waals surface area contributed by atoms with Crippen molar-refractivity contribution in [1.82, 2.24) is 25.5 Å². The topological polar surface area (TPSA) is 133 Å². The van der Waals surface area contributed by atoms with Crippen molar-refractivity contribution in [2.45, 2.75) is 63.6 Å². The van der Waals surface area contributed by atoms with Crippen molar-refractivity contribution in [2.75, 3.05) is 14.2 Å². The van der Waals surface area contributed by atoms with E-state index in [4.69, 9.17) is 4.74 Å². The fourth-order valence-corrected chi connectivity index (χ4v) is 4.52. The number of amides is 3. The number of aromatic nitrogens is 2. The summed E-state index contributed by atoms with van der Waals surface area (Å²) in [6.45, 7) is 1.99. The number of unbranched alkanes of at least 4 members (excludes halogenated alkanes) is 1. The molecule has 0 bridgehead atoms. The number of nitrogens with one attached hydrogen (secondary N) is 3. The van der Waals surface area contributed by atoms with Crippen LogP contribution in [0.15, 0.2) is 73.2 Å². The molecule has 0 aliphatic rings. The minimum atomic E-state index is -0.997. The Bertz CT molecular complexity index is 1250. The summed E-state index contributed by atoms with van der Waals surface area (Å²) in [6, 6.07) is 15.9. The number of hydrogen-bond acceptors (Lipinski definition) is 6. The maximum absolute atomic E-state index is 14.0. The Morgan fingerprint density at radius 1 is 0.902 bits per heavy atom. The molecule has 0 spiro atoms. The molecule has 3 aromatic rings. The van der Waals surface area contributed by atoms with Crippen molar-refractivity contribution in [1.29, 1.82) is 0 Å². The number of imidazole rings is 1. The Balaban J connectivity index is 1.88. The van der Waals surface area contributed by atoms with E-state index in [1.54, 1.807) is 13.2 Å². The van der Waals surface area contributed by atoms with Crippen LogP contribution in [0.25, 0.3) is 0 Å². The first kappa shape index (κ1) is 31.1. The van der Waals surface area contributed by atoms with Gasteiger partial charge in [-0.25, -0.2) is 9.78 Å². The Hall–Kier alpha value is -4.47. The van der Waals surface area contributed by atoms with Crippen molar-refractivity contribution in [2.24, 2.45) is 0 Å². The zero-order chi connectivity index (χ0) is 29.6. The SMILES string of the molecule is CCCCC(=O)N[C@@H](Cc1ccccc1)C(=O)N(C)[C@@H](Cc1ccccc1)C(=O)N[C@@H](Cc1cnc[nH]1)C(=O)OC. The summed E-state index contributed by atoms with van der Waals surface area (Å²) in [5.74, 6) is -1.76.